The van der Waals surface area contributed by atoms with E-state index in [4.69, 9.17) is 21.4 Å². The first kappa shape index (κ1) is 25.3. The predicted octanol–water partition coefficient (Wildman–Crippen LogP) is 5.66. The van der Waals surface area contributed by atoms with Gasteiger partial charge in [0.1, 0.15) is 18.2 Å². The van der Waals surface area contributed by atoms with Crippen molar-refractivity contribution in [2.45, 2.75) is 46.3 Å². The molecular weight excluding hydrogens is 478 g/mol. The Balaban J connectivity index is 1.54. The van der Waals surface area contributed by atoms with Gasteiger partial charge in [0, 0.05) is 6.42 Å². The molecule has 1 heterocycles. The number of aromatic nitrogens is 3. The highest BCUT2D eigenvalue weighted by Gasteiger charge is 2.17. The second kappa shape index (κ2) is 11.3. The molecule has 36 heavy (non-hydrogen) atoms. The van der Waals surface area contributed by atoms with Crippen LogP contribution in [-0.2, 0) is 19.6 Å². The Morgan fingerprint density at radius 1 is 1.06 bits per heavy atom. The van der Waals surface area contributed by atoms with Gasteiger partial charge in [-0.05, 0) is 60.4 Å². The lowest BCUT2D eigenvalue weighted by Crippen LogP contribution is -2.25. The number of para-hydroxylation sites is 1. The molecule has 0 aliphatic carbocycles. The standard InChI is InChI=1S/C28H28ClN3O4/c1-3-4-9-26-30-32(24-8-6-5-7-23(24)29)28(35)31(26)17-21-12-15-25(19(2)16-21)36-18-20-10-13-22(14-11-20)27(33)34/h5-8,10-16H,3-4,9,17-18H2,1-2H3,(H,33,34). The van der Waals surface area contributed by atoms with Gasteiger partial charge in [0.15, 0.2) is 0 Å². The van der Waals surface area contributed by atoms with Crippen LogP contribution in [0.2, 0.25) is 5.02 Å². The minimum absolute atomic E-state index is 0.225. The number of rotatable bonds is 10. The van der Waals surface area contributed by atoms with E-state index in [9.17, 15) is 9.59 Å². The fraction of sp³-hybridized carbons (Fsp3) is 0.250. The third kappa shape index (κ3) is 5.69. The van der Waals surface area contributed by atoms with Crippen molar-refractivity contribution in [1.82, 2.24) is 14.3 Å². The van der Waals surface area contributed by atoms with Crippen LogP contribution >= 0.6 is 11.6 Å². The number of carboxylic acid groups (broad SMARTS) is 1. The molecule has 8 heteroatoms. The van der Waals surface area contributed by atoms with Gasteiger partial charge in [-0.3, -0.25) is 4.57 Å². The summed E-state index contributed by atoms with van der Waals surface area (Å²) in [6, 6.07) is 19.6. The highest BCUT2D eigenvalue weighted by Crippen LogP contribution is 2.22. The monoisotopic (exact) mass is 505 g/mol. The van der Waals surface area contributed by atoms with Gasteiger partial charge in [-0.1, -0.05) is 61.3 Å². The molecule has 0 atom stereocenters. The number of nitrogens with zero attached hydrogens (tertiary/aromatic N) is 3. The van der Waals surface area contributed by atoms with Crippen molar-refractivity contribution in [1.29, 1.82) is 0 Å². The summed E-state index contributed by atoms with van der Waals surface area (Å²) in [4.78, 5) is 24.3. The maximum absolute atomic E-state index is 13.3. The molecule has 0 spiro atoms. The summed E-state index contributed by atoms with van der Waals surface area (Å²) in [5.41, 5.74) is 3.36. The number of ether oxygens (including phenoxy) is 1. The number of carboxylic acids is 1. The van der Waals surface area contributed by atoms with Crippen molar-refractivity contribution in [3.8, 4) is 11.4 Å². The second-order valence-electron chi connectivity index (χ2n) is 8.64. The van der Waals surface area contributed by atoms with E-state index in [0.29, 0.717) is 30.3 Å². The Kier molecular flexibility index (Phi) is 7.90. The fourth-order valence-corrected chi connectivity index (χ4v) is 4.17. The molecule has 7 nitrogen and oxygen atoms in total. The van der Waals surface area contributed by atoms with Crippen molar-refractivity contribution >= 4 is 17.6 Å². The molecule has 0 saturated heterocycles. The van der Waals surface area contributed by atoms with Gasteiger partial charge in [0.2, 0.25) is 0 Å². The molecule has 1 aromatic heterocycles. The van der Waals surface area contributed by atoms with E-state index < -0.39 is 5.97 Å². The van der Waals surface area contributed by atoms with Crippen molar-refractivity contribution in [3.63, 3.8) is 0 Å². The van der Waals surface area contributed by atoms with Gasteiger partial charge in [-0.25, -0.2) is 9.59 Å². The van der Waals surface area contributed by atoms with Crippen LogP contribution in [0.15, 0.2) is 71.5 Å². The zero-order valence-corrected chi connectivity index (χ0v) is 21.0. The number of hydrogen-bond acceptors (Lipinski definition) is 4. The van der Waals surface area contributed by atoms with Crippen LogP contribution in [0, 0.1) is 6.92 Å². The van der Waals surface area contributed by atoms with Crippen LogP contribution in [-0.4, -0.2) is 25.4 Å². The topological polar surface area (TPSA) is 86.4 Å². The van der Waals surface area contributed by atoms with Crippen LogP contribution in [0.4, 0.5) is 0 Å². The molecule has 0 saturated carbocycles. The SMILES string of the molecule is CCCCc1nn(-c2ccccc2Cl)c(=O)n1Cc1ccc(OCc2ccc(C(=O)O)cc2)c(C)c1. The maximum Gasteiger partial charge on any atom is 0.351 e. The molecule has 4 rings (SSSR count). The summed E-state index contributed by atoms with van der Waals surface area (Å²) < 4.78 is 9.05. The lowest BCUT2D eigenvalue weighted by molar-refractivity contribution is 0.0697. The van der Waals surface area contributed by atoms with E-state index in [2.05, 4.69) is 12.0 Å². The zero-order chi connectivity index (χ0) is 25.7. The van der Waals surface area contributed by atoms with Crippen LogP contribution in [0.3, 0.4) is 0 Å². The minimum atomic E-state index is -0.955. The largest absolute Gasteiger partial charge is 0.489 e. The van der Waals surface area contributed by atoms with Crippen molar-refractivity contribution in [2.75, 3.05) is 0 Å². The number of carbonyl (C=O) groups is 1. The van der Waals surface area contributed by atoms with E-state index in [0.717, 1.165) is 41.1 Å². The van der Waals surface area contributed by atoms with E-state index in [1.807, 2.05) is 37.3 Å². The van der Waals surface area contributed by atoms with Crippen molar-refractivity contribution in [2.24, 2.45) is 0 Å². The Morgan fingerprint density at radius 2 is 1.78 bits per heavy atom. The first-order chi connectivity index (χ1) is 17.4. The minimum Gasteiger partial charge on any atom is -0.489 e. The summed E-state index contributed by atoms with van der Waals surface area (Å²) in [5, 5.41) is 14.1. The molecule has 3 aromatic carbocycles. The quantitative estimate of drug-likeness (QED) is 0.300. The summed E-state index contributed by atoms with van der Waals surface area (Å²) in [6.45, 7) is 4.78. The molecule has 4 aromatic rings. The van der Waals surface area contributed by atoms with Gasteiger partial charge in [-0.2, -0.15) is 4.68 Å². The Hall–Kier alpha value is -3.84. The summed E-state index contributed by atoms with van der Waals surface area (Å²) in [5.74, 6) is 0.499. The lowest BCUT2D eigenvalue weighted by atomic mass is 10.1. The molecule has 0 aliphatic rings. The zero-order valence-electron chi connectivity index (χ0n) is 20.3. The third-order valence-electron chi connectivity index (χ3n) is 5.95. The van der Waals surface area contributed by atoms with Gasteiger partial charge >= 0.3 is 11.7 Å². The smallest absolute Gasteiger partial charge is 0.351 e. The van der Waals surface area contributed by atoms with Crippen molar-refractivity contribution < 1.29 is 14.6 Å². The fourth-order valence-electron chi connectivity index (χ4n) is 3.96. The summed E-state index contributed by atoms with van der Waals surface area (Å²) in [7, 11) is 0. The first-order valence-corrected chi connectivity index (χ1v) is 12.2. The summed E-state index contributed by atoms with van der Waals surface area (Å²) >= 11 is 6.34. The molecule has 1 N–H and O–H groups in total. The van der Waals surface area contributed by atoms with Crippen LogP contribution in [0.5, 0.6) is 5.75 Å². The van der Waals surface area contributed by atoms with Crippen LogP contribution in [0.25, 0.3) is 5.69 Å². The van der Waals surface area contributed by atoms with Crippen molar-refractivity contribution in [3.05, 3.63) is 110 Å². The van der Waals surface area contributed by atoms with Crippen LogP contribution < -0.4 is 10.4 Å². The maximum atomic E-state index is 13.3. The van der Waals surface area contributed by atoms with E-state index in [1.54, 1.807) is 41.0 Å². The molecule has 0 amide bonds. The average molecular weight is 506 g/mol. The molecular formula is C28H28ClN3O4. The molecule has 0 fully saturated rings. The Morgan fingerprint density at radius 3 is 2.44 bits per heavy atom. The van der Waals surface area contributed by atoms with Crippen LogP contribution in [0.1, 0.15) is 52.6 Å². The Labute approximate surface area is 214 Å². The normalized spacial score (nSPS) is 11.0. The lowest BCUT2D eigenvalue weighted by Gasteiger charge is -2.12. The molecule has 0 aliphatic heterocycles. The molecule has 186 valence electrons. The highest BCUT2D eigenvalue weighted by atomic mass is 35.5. The number of unbranched alkanes of at least 4 members (excludes halogenated alkanes) is 1. The second-order valence-corrected chi connectivity index (χ2v) is 9.05. The number of benzene rings is 3. The number of aryl methyl sites for hydroxylation is 2. The Bertz CT molecular complexity index is 1420. The molecule has 0 radical (unpaired) electrons. The highest BCUT2D eigenvalue weighted by molar-refractivity contribution is 6.32. The molecule has 0 unspecified atom stereocenters. The van der Waals surface area contributed by atoms with E-state index >= 15 is 0 Å². The van der Waals surface area contributed by atoms with E-state index in [1.165, 1.54) is 4.68 Å². The number of aromatic carboxylic acids is 1. The predicted molar refractivity (Wildman–Crippen MR) is 139 cm³/mol. The van der Waals surface area contributed by atoms with Gasteiger partial charge in [-0.15, -0.1) is 5.10 Å². The van der Waals surface area contributed by atoms with Gasteiger partial charge in [0.25, 0.3) is 0 Å². The average Bonchev–Trinajstić information content (AvgIpc) is 3.17. The van der Waals surface area contributed by atoms with E-state index in [-0.39, 0.29) is 11.3 Å². The molecule has 0 bridgehead atoms. The third-order valence-corrected chi connectivity index (χ3v) is 6.27. The number of hydrogen-bond donors (Lipinski definition) is 1. The number of halogens is 1. The van der Waals surface area contributed by atoms with Gasteiger partial charge in [0.05, 0.1) is 22.8 Å². The van der Waals surface area contributed by atoms with Gasteiger partial charge < -0.3 is 9.84 Å². The first-order valence-electron chi connectivity index (χ1n) is 11.9. The summed E-state index contributed by atoms with van der Waals surface area (Å²) in [6.07, 6.45) is 2.62.